The molecule has 10 aromatic rings. The second-order valence-corrected chi connectivity index (χ2v) is 15.2. The first-order chi connectivity index (χ1) is 27.5. The van der Waals surface area contributed by atoms with Crippen molar-refractivity contribution < 1.29 is 0 Å². The molecule has 4 nitrogen and oxygen atoms in total. The predicted octanol–water partition coefficient (Wildman–Crippen LogP) is 13.1. The topological polar surface area (TPSA) is 43.6 Å². The zero-order valence-electron chi connectivity index (χ0n) is 31.1. The number of rotatable bonds is 5. The number of para-hydroxylation sites is 1. The summed E-state index contributed by atoms with van der Waals surface area (Å²) in [6, 6.07) is 64.4. The number of nitrogens with zero attached hydrogens (tertiary/aromatic N) is 4. The molecule has 7 aromatic carbocycles. The molecule has 0 unspecified atom stereocenters. The van der Waals surface area contributed by atoms with Crippen molar-refractivity contribution in [2.75, 3.05) is 0 Å². The first kappa shape index (κ1) is 32.3. The molecule has 264 valence electrons. The summed E-state index contributed by atoms with van der Waals surface area (Å²) in [5, 5.41) is 2.50. The third-order valence-corrected chi connectivity index (χ3v) is 11.6. The quantitative estimate of drug-likeness (QED) is 0.178. The molecule has 4 heteroatoms. The van der Waals surface area contributed by atoms with Crippen LogP contribution in [-0.4, -0.2) is 19.5 Å². The molecule has 0 fully saturated rings. The van der Waals surface area contributed by atoms with Crippen LogP contribution >= 0.6 is 0 Å². The van der Waals surface area contributed by atoms with E-state index in [9.17, 15) is 0 Å². The lowest BCUT2D eigenvalue weighted by atomic mass is 9.82. The van der Waals surface area contributed by atoms with Gasteiger partial charge in [0.25, 0.3) is 0 Å². The Balaban J connectivity index is 1.17. The zero-order valence-corrected chi connectivity index (χ0v) is 31.1. The van der Waals surface area contributed by atoms with Gasteiger partial charge in [0.1, 0.15) is 5.52 Å². The van der Waals surface area contributed by atoms with Crippen LogP contribution in [0.15, 0.2) is 182 Å². The fraction of sp³-hybridized carbons (Fsp3) is 0.0577. The molecule has 0 atom stereocenters. The van der Waals surface area contributed by atoms with Crippen LogP contribution in [0.25, 0.3) is 94.7 Å². The Morgan fingerprint density at radius 2 is 1.04 bits per heavy atom. The molecule has 1 aliphatic rings. The third kappa shape index (κ3) is 4.96. The van der Waals surface area contributed by atoms with Crippen molar-refractivity contribution in [3.8, 4) is 61.8 Å². The van der Waals surface area contributed by atoms with E-state index in [1.165, 1.54) is 44.1 Å². The van der Waals surface area contributed by atoms with Crippen LogP contribution in [0.3, 0.4) is 0 Å². The molecule has 11 rings (SSSR count). The monoisotopic (exact) mass is 716 g/mol. The van der Waals surface area contributed by atoms with Crippen molar-refractivity contribution in [1.29, 1.82) is 0 Å². The Morgan fingerprint density at radius 1 is 0.411 bits per heavy atom. The molecule has 0 radical (unpaired) electrons. The summed E-state index contributed by atoms with van der Waals surface area (Å²) >= 11 is 0. The van der Waals surface area contributed by atoms with Crippen molar-refractivity contribution in [1.82, 2.24) is 19.5 Å². The molecule has 1 aliphatic carbocycles. The van der Waals surface area contributed by atoms with Crippen molar-refractivity contribution in [2.24, 2.45) is 0 Å². The lowest BCUT2D eigenvalue weighted by Crippen LogP contribution is -2.14. The molecule has 0 saturated carbocycles. The standard InChI is InChI=1S/C52H36N4/c1-52(2)42-27-14-12-25-38(42)40-31-47-41(30-43(40)52)39-26-13-15-28-46(39)56(47)37-24-16-23-36(29-37)50-51-45(32-44(53-50)33-17-6-3-7-18-33)54-48(34-19-8-4-9-20-34)49(55-51)35-21-10-5-11-22-35/h3-32H,1-2H3. The van der Waals surface area contributed by atoms with E-state index < -0.39 is 0 Å². The van der Waals surface area contributed by atoms with E-state index in [0.29, 0.717) is 0 Å². The third-order valence-electron chi connectivity index (χ3n) is 11.6. The Morgan fingerprint density at radius 3 is 1.79 bits per heavy atom. The first-order valence-electron chi connectivity index (χ1n) is 19.2. The van der Waals surface area contributed by atoms with E-state index in [2.05, 4.69) is 182 Å². The van der Waals surface area contributed by atoms with Gasteiger partial charge in [0.2, 0.25) is 0 Å². The van der Waals surface area contributed by atoms with Crippen molar-refractivity contribution in [3.05, 3.63) is 193 Å². The Kier molecular flexibility index (Phi) is 7.17. The van der Waals surface area contributed by atoms with Gasteiger partial charge < -0.3 is 4.57 Å². The summed E-state index contributed by atoms with van der Waals surface area (Å²) in [5.74, 6) is 0. The summed E-state index contributed by atoms with van der Waals surface area (Å²) in [7, 11) is 0. The molecule has 3 heterocycles. The second-order valence-electron chi connectivity index (χ2n) is 15.2. The van der Waals surface area contributed by atoms with Crippen molar-refractivity contribution in [2.45, 2.75) is 19.3 Å². The molecular weight excluding hydrogens is 681 g/mol. The van der Waals surface area contributed by atoms with E-state index in [0.717, 1.165) is 61.8 Å². The molecule has 0 bridgehead atoms. The van der Waals surface area contributed by atoms with E-state index in [1.807, 2.05) is 18.2 Å². The number of fused-ring (bicyclic) bond motifs is 7. The summed E-state index contributed by atoms with van der Waals surface area (Å²) in [4.78, 5) is 16.3. The molecule has 0 amide bonds. The molecule has 0 spiro atoms. The van der Waals surface area contributed by atoms with Crippen LogP contribution in [0.5, 0.6) is 0 Å². The largest absolute Gasteiger partial charge is 0.309 e. The molecule has 0 saturated heterocycles. The smallest absolute Gasteiger partial charge is 0.116 e. The lowest BCUT2D eigenvalue weighted by molar-refractivity contribution is 0.661. The molecule has 3 aromatic heterocycles. The highest BCUT2D eigenvalue weighted by Crippen LogP contribution is 2.51. The Labute approximate surface area is 325 Å². The van der Waals surface area contributed by atoms with Crippen LogP contribution < -0.4 is 0 Å². The van der Waals surface area contributed by atoms with Gasteiger partial charge in [-0.25, -0.2) is 15.0 Å². The van der Waals surface area contributed by atoms with Gasteiger partial charge in [-0.2, -0.15) is 0 Å². The molecule has 56 heavy (non-hydrogen) atoms. The van der Waals surface area contributed by atoms with Gasteiger partial charge in [0, 0.05) is 44.1 Å². The van der Waals surface area contributed by atoms with Crippen LogP contribution in [0.1, 0.15) is 25.0 Å². The van der Waals surface area contributed by atoms with E-state index in [4.69, 9.17) is 15.0 Å². The fourth-order valence-corrected chi connectivity index (χ4v) is 8.84. The van der Waals surface area contributed by atoms with Crippen LogP contribution in [0.4, 0.5) is 0 Å². The fourth-order valence-electron chi connectivity index (χ4n) is 8.84. The normalized spacial score (nSPS) is 13.0. The maximum Gasteiger partial charge on any atom is 0.116 e. The van der Waals surface area contributed by atoms with Gasteiger partial charge in [0.15, 0.2) is 0 Å². The zero-order chi connectivity index (χ0) is 37.4. The van der Waals surface area contributed by atoms with Gasteiger partial charge in [-0.05, 0) is 58.7 Å². The minimum absolute atomic E-state index is 0.0836. The predicted molar refractivity (Wildman–Crippen MR) is 231 cm³/mol. The van der Waals surface area contributed by atoms with Crippen LogP contribution in [0, 0.1) is 0 Å². The number of aromatic nitrogens is 4. The molecular formula is C52H36N4. The van der Waals surface area contributed by atoms with Gasteiger partial charge in [-0.15, -0.1) is 0 Å². The van der Waals surface area contributed by atoms with E-state index in [-0.39, 0.29) is 5.41 Å². The van der Waals surface area contributed by atoms with Gasteiger partial charge >= 0.3 is 0 Å². The number of pyridine rings is 1. The summed E-state index contributed by atoms with van der Waals surface area (Å²) < 4.78 is 2.42. The average molecular weight is 717 g/mol. The summed E-state index contributed by atoms with van der Waals surface area (Å²) in [5.41, 5.74) is 17.6. The number of hydrogen-bond acceptors (Lipinski definition) is 3. The van der Waals surface area contributed by atoms with E-state index >= 15 is 0 Å². The van der Waals surface area contributed by atoms with Crippen LogP contribution in [-0.2, 0) is 5.41 Å². The number of benzene rings is 7. The number of hydrogen-bond donors (Lipinski definition) is 0. The second kappa shape index (κ2) is 12.4. The summed E-state index contributed by atoms with van der Waals surface area (Å²) in [6.07, 6.45) is 0. The Hall–Kier alpha value is -7.17. The maximum atomic E-state index is 5.47. The Bertz CT molecular complexity index is 3140. The van der Waals surface area contributed by atoms with Gasteiger partial charge in [-0.1, -0.05) is 159 Å². The highest BCUT2D eigenvalue weighted by molar-refractivity contribution is 6.11. The minimum atomic E-state index is -0.0836. The minimum Gasteiger partial charge on any atom is -0.309 e. The first-order valence-corrected chi connectivity index (χ1v) is 19.2. The van der Waals surface area contributed by atoms with Crippen molar-refractivity contribution >= 4 is 32.8 Å². The lowest BCUT2D eigenvalue weighted by Gasteiger charge is -2.21. The highest BCUT2D eigenvalue weighted by atomic mass is 15.0. The van der Waals surface area contributed by atoms with Gasteiger partial charge in [-0.3, -0.25) is 0 Å². The molecule has 0 N–H and O–H groups in total. The SMILES string of the molecule is CC1(C)c2ccccc2-c2cc3c(cc21)c1ccccc1n3-c1cccc(-c2nc(-c3ccccc3)cc3nc(-c4ccccc4)c(-c4ccccc4)nc23)c1. The molecule has 0 aliphatic heterocycles. The highest BCUT2D eigenvalue weighted by Gasteiger charge is 2.36. The van der Waals surface area contributed by atoms with Gasteiger partial charge in [0.05, 0.1) is 39.3 Å². The maximum absolute atomic E-state index is 5.47. The van der Waals surface area contributed by atoms with Crippen LogP contribution in [0.2, 0.25) is 0 Å². The average Bonchev–Trinajstić information content (AvgIpc) is 3.70. The summed E-state index contributed by atoms with van der Waals surface area (Å²) in [6.45, 7) is 4.70. The van der Waals surface area contributed by atoms with E-state index in [1.54, 1.807) is 0 Å². The van der Waals surface area contributed by atoms with Crippen molar-refractivity contribution in [3.63, 3.8) is 0 Å².